The van der Waals surface area contributed by atoms with Crippen LogP contribution in [-0.2, 0) is 11.3 Å². The number of ether oxygens (including phenoxy) is 1. The minimum Gasteiger partial charge on any atom is -0.479 e. The molecule has 0 aliphatic rings. The predicted molar refractivity (Wildman–Crippen MR) is 101 cm³/mol. The molecule has 0 aliphatic carbocycles. The molecule has 0 fully saturated rings. The third kappa shape index (κ3) is 4.98. The van der Waals surface area contributed by atoms with Crippen LogP contribution in [0, 0.1) is 11.3 Å². The Bertz CT molecular complexity index is 1000. The lowest BCUT2D eigenvalue weighted by molar-refractivity contribution is -0.122. The first-order chi connectivity index (χ1) is 13.7. The zero-order valence-corrected chi connectivity index (χ0v) is 15.1. The molecule has 1 heterocycles. The van der Waals surface area contributed by atoms with Gasteiger partial charge in [-0.1, -0.05) is 30.3 Å². The van der Waals surface area contributed by atoms with E-state index in [1.54, 1.807) is 31.2 Å². The third-order valence-corrected chi connectivity index (χ3v) is 3.69. The van der Waals surface area contributed by atoms with Gasteiger partial charge in [0, 0.05) is 5.56 Å². The highest BCUT2D eigenvalue weighted by Crippen LogP contribution is 2.13. The van der Waals surface area contributed by atoms with Gasteiger partial charge in [-0.2, -0.15) is 15.2 Å². The average molecular weight is 375 g/mol. The summed E-state index contributed by atoms with van der Waals surface area (Å²) in [6, 6.07) is 18.3. The summed E-state index contributed by atoms with van der Waals surface area (Å²) in [6.45, 7) is 1.66. The van der Waals surface area contributed by atoms with Crippen molar-refractivity contribution in [3.63, 3.8) is 0 Å². The SMILES string of the molecule is C/C(=N/NC(=O)Cn1nnc(-c2ccccc2)n1)c1ccc(OCC#N)cc1. The second-order valence-electron chi connectivity index (χ2n) is 5.71. The molecule has 1 amide bonds. The summed E-state index contributed by atoms with van der Waals surface area (Å²) in [5, 5.41) is 24.6. The number of tetrazole rings is 1. The van der Waals surface area contributed by atoms with E-state index in [1.807, 2.05) is 36.4 Å². The van der Waals surface area contributed by atoms with Crippen LogP contribution in [0.2, 0.25) is 0 Å². The van der Waals surface area contributed by atoms with E-state index in [1.165, 1.54) is 4.80 Å². The fraction of sp³-hybridized carbons (Fsp3) is 0.158. The number of hydrazone groups is 1. The zero-order valence-electron chi connectivity index (χ0n) is 15.1. The molecule has 0 unspecified atom stereocenters. The van der Waals surface area contributed by atoms with Crippen molar-refractivity contribution >= 4 is 11.6 Å². The molecule has 0 bridgehead atoms. The van der Waals surface area contributed by atoms with Gasteiger partial charge in [0.1, 0.15) is 18.4 Å². The van der Waals surface area contributed by atoms with Crippen LogP contribution in [0.5, 0.6) is 5.75 Å². The van der Waals surface area contributed by atoms with Crippen molar-refractivity contribution in [3.8, 4) is 23.2 Å². The largest absolute Gasteiger partial charge is 0.479 e. The van der Waals surface area contributed by atoms with Crippen molar-refractivity contribution in [1.82, 2.24) is 25.6 Å². The molecular formula is C19H17N7O2. The molecule has 0 saturated carbocycles. The fourth-order valence-corrected chi connectivity index (χ4v) is 2.30. The van der Waals surface area contributed by atoms with Crippen LogP contribution < -0.4 is 10.2 Å². The van der Waals surface area contributed by atoms with Crippen LogP contribution in [0.15, 0.2) is 59.7 Å². The van der Waals surface area contributed by atoms with Crippen molar-refractivity contribution < 1.29 is 9.53 Å². The van der Waals surface area contributed by atoms with E-state index in [0.717, 1.165) is 11.1 Å². The van der Waals surface area contributed by atoms with Crippen molar-refractivity contribution in [3.05, 3.63) is 60.2 Å². The quantitative estimate of drug-likeness (QED) is 0.497. The van der Waals surface area contributed by atoms with Crippen molar-refractivity contribution in [1.29, 1.82) is 5.26 Å². The molecule has 2 aromatic carbocycles. The highest BCUT2D eigenvalue weighted by Gasteiger charge is 2.09. The molecular weight excluding hydrogens is 358 g/mol. The number of carbonyl (C=O) groups is 1. The number of benzene rings is 2. The van der Waals surface area contributed by atoms with E-state index in [4.69, 9.17) is 10.00 Å². The Labute approximate surface area is 161 Å². The minimum atomic E-state index is -0.370. The summed E-state index contributed by atoms with van der Waals surface area (Å²) < 4.78 is 5.20. The second kappa shape index (κ2) is 9.05. The lowest BCUT2D eigenvalue weighted by Gasteiger charge is -2.05. The maximum absolute atomic E-state index is 12.1. The number of carbonyl (C=O) groups excluding carboxylic acids is 1. The summed E-state index contributed by atoms with van der Waals surface area (Å²) in [5.41, 5.74) is 4.73. The van der Waals surface area contributed by atoms with Crippen LogP contribution in [0.3, 0.4) is 0 Å². The van der Waals surface area contributed by atoms with E-state index in [9.17, 15) is 4.79 Å². The molecule has 0 spiro atoms. The molecule has 3 aromatic rings. The number of hydrogen-bond acceptors (Lipinski definition) is 7. The standard InChI is InChI=1S/C19H17N7O2/c1-14(15-7-9-17(10-8-15)28-12-11-20)21-22-18(27)13-26-24-19(23-25-26)16-5-3-2-4-6-16/h2-10H,12-13H2,1H3,(H,22,27)/b21-14-. The van der Waals surface area contributed by atoms with E-state index < -0.39 is 0 Å². The Morgan fingerprint density at radius 1 is 1.21 bits per heavy atom. The molecule has 1 aromatic heterocycles. The Kier molecular flexibility index (Phi) is 6.05. The molecule has 0 atom stereocenters. The topological polar surface area (TPSA) is 118 Å². The smallest absolute Gasteiger partial charge is 0.263 e. The Balaban J connectivity index is 1.56. The van der Waals surface area contributed by atoms with Gasteiger partial charge in [0.15, 0.2) is 6.61 Å². The number of rotatable bonds is 7. The maximum atomic E-state index is 12.1. The summed E-state index contributed by atoms with van der Waals surface area (Å²) in [4.78, 5) is 13.3. The zero-order chi connectivity index (χ0) is 19.8. The van der Waals surface area contributed by atoms with Gasteiger partial charge in [0.2, 0.25) is 5.82 Å². The highest BCUT2D eigenvalue weighted by molar-refractivity contribution is 5.99. The summed E-state index contributed by atoms with van der Waals surface area (Å²) in [6.07, 6.45) is 0. The maximum Gasteiger partial charge on any atom is 0.263 e. The normalized spacial score (nSPS) is 10.9. The van der Waals surface area contributed by atoms with Crippen LogP contribution in [0.25, 0.3) is 11.4 Å². The van der Waals surface area contributed by atoms with Gasteiger partial charge in [-0.05, 0) is 42.0 Å². The van der Waals surface area contributed by atoms with Crippen LogP contribution in [0.4, 0.5) is 0 Å². The van der Waals surface area contributed by atoms with Gasteiger partial charge in [-0.25, -0.2) is 5.43 Å². The summed E-state index contributed by atoms with van der Waals surface area (Å²) >= 11 is 0. The van der Waals surface area contributed by atoms with Crippen molar-refractivity contribution in [2.75, 3.05) is 6.61 Å². The van der Waals surface area contributed by atoms with Crippen LogP contribution in [-0.4, -0.2) is 38.4 Å². The van der Waals surface area contributed by atoms with E-state index in [-0.39, 0.29) is 19.1 Å². The number of nitrogens with one attached hydrogen (secondary N) is 1. The first-order valence-corrected chi connectivity index (χ1v) is 8.42. The molecule has 9 nitrogen and oxygen atoms in total. The minimum absolute atomic E-state index is 0.00914. The van der Waals surface area contributed by atoms with E-state index in [0.29, 0.717) is 17.3 Å². The molecule has 0 aliphatic heterocycles. The number of aromatic nitrogens is 4. The van der Waals surface area contributed by atoms with Crippen LogP contribution >= 0.6 is 0 Å². The lowest BCUT2D eigenvalue weighted by Crippen LogP contribution is -2.25. The lowest BCUT2D eigenvalue weighted by atomic mass is 10.1. The second-order valence-corrected chi connectivity index (χ2v) is 5.71. The first kappa shape index (κ1) is 18.7. The summed E-state index contributed by atoms with van der Waals surface area (Å²) in [7, 11) is 0. The number of hydrogen-bond donors (Lipinski definition) is 1. The molecule has 1 N–H and O–H groups in total. The van der Waals surface area contributed by atoms with E-state index >= 15 is 0 Å². The highest BCUT2D eigenvalue weighted by atomic mass is 16.5. The van der Waals surface area contributed by atoms with Gasteiger partial charge >= 0.3 is 0 Å². The first-order valence-electron chi connectivity index (χ1n) is 8.42. The van der Waals surface area contributed by atoms with Crippen molar-refractivity contribution in [2.45, 2.75) is 13.5 Å². The number of nitrogens with zero attached hydrogens (tertiary/aromatic N) is 6. The van der Waals surface area contributed by atoms with Gasteiger partial charge in [-0.3, -0.25) is 4.79 Å². The van der Waals surface area contributed by atoms with Gasteiger partial charge < -0.3 is 4.74 Å². The number of amides is 1. The van der Waals surface area contributed by atoms with Gasteiger partial charge in [0.25, 0.3) is 5.91 Å². The summed E-state index contributed by atoms with van der Waals surface area (Å²) in [5.74, 6) is 0.672. The molecule has 3 rings (SSSR count). The molecule has 0 radical (unpaired) electrons. The predicted octanol–water partition coefficient (Wildman–Crippen LogP) is 1.78. The Hall–Kier alpha value is -4.06. The molecule has 0 saturated heterocycles. The molecule has 140 valence electrons. The Morgan fingerprint density at radius 3 is 2.68 bits per heavy atom. The number of nitriles is 1. The van der Waals surface area contributed by atoms with Gasteiger partial charge in [0.05, 0.1) is 5.71 Å². The average Bonchev–Trinajstić information content (AvgIpc) is 3.20. The van der Waals surface area contributed by atoms with Crippen molar-refractivity contribution in [2.24, 2.45) is 5.10 Å². The monoisotopic (exact) mass is 375 g/mol. The van der Waals surface area contributed by atoms with Gasteiger partial charge in [-0.15, -0.1) is 10.2 Å². The molecule has 28 heavy (non-hydrogen) atoms. The van der Waals surface area contributed by atoms with Crippen LogP contribution in [0.1, 0.15) is 12.5 Å². The molecule has 9 heteroatoms. The fourth-order valence-electron chi connectivity index (χ4n) is 2.30. The third-order valence-electron chi connectivity index (χ3n) is 3.69. The van der Waals surface area contributed by atoms with E-state index in [2.05, 4.69) is 25.9 Å². The Morgan fingerprint density at radius 2 is 1.96 bits per heavy atom.